The standard InChI is InChI=1S/C15H23NO3/c1-10(2)12(9-17)15(18)16(4)13-8-11(3)6-7-14(13)19-5/h6-8,10,12,17H,9H2,1-5H3. The molecule has 0 aliphatic carbocycles. The van der Waals surface area contributed by atoms with Gasteiger partial charge in [-0.25, -0.2) is 0 Å². The molecule has 0 aliphatic heterocycles. The van der Waals surface area contributed by atoms with Crippen molar-refractivity contribution in [2.45, 2.75) is 20.8 Å². The second kappa shape index (κ2) is 6.57. The number of carbonyl (C=O) groups is 1. The van der Waals surface area contributed by atoms with E-state index in [1.54, 1.807) is 19.1 Å². The summed E-state index contributed by atoms with van der Waals surface area (Å²) in [5.74, 6) is 0.259. The van der Waals surface area contributed by atoms with Gasteiger partial charge in [-0.3, -0.25) is 4.79 Å². The number of aryl methyl sites for hydroxylation is 1. The van der Waals surface area contributed by atoms with Gasteiger partial charge in [-0.2, -0.15) is 0 Å². The Hall–Kier alpha value is -1.55. The number of ether oxygens (including phenoxy) is 1. The Balaban J connectivity index is 3.08. The summed E-state index contributed by atoms with van der Waals surface area (Å²) in [7, 11) is 3.29. The smallest absolute Gasteiger partial charge is 0.232 e. The third kappa shape index (κ3) is 3.47. The molecule has 0 aliphatic rings. The number of benzene rings is 1. The fourth-order valence-corrected chi connectivity index (χ4v) is 2.00. The van der Waals surface area contributed by atoms with E-state index >= 15 is 0 Å². The maximum absolute atomic E-state index is 12.4. The van der Waals surface area contributed by atoms with Gasteiger partial charge in [0.1, 0.15) is 5.75 Å². The average molecular weight is 265 g/mol. The van der Waals surface area contributed by atoms with E-state index < -0.39 is 5.92 Å². The zero-order valence-electron chi connectivity index (χ0n) is 12.3. The van der Waals surface area contributed by atoms with Crippen molar-refractivity contribution in [1.82, 2.24) is 0 Å². The molecule has 1 aromatic rings. The van der Waals surface area contributed by atoms with Crippen LogP contribution in [-0.4, -0.2) is 31.8 Å². The monoisotopic (exact) mass is 265 g/mol. The molecule has 4 heteroatoms. The van der Waals surface area contributed by atoms with Crippen LogP contribution in [0.4, 0.5) is 5.69 Å². The normalized spacial score (nSPS) is 12.4. The summed E-state index contributed by atoms with van der Waals surface area (Å²) in [5, 5.41) is 9.36. The first-order valence-corrected chi connectivity index (χ1v) is 6.45. The molecule has 0 saturated heterocycles. The lowest BCUT2D eigenvalue weighted by Crippen LogP contribution is -2.37. The van der Waals surface area contributed by atoms with Crippen molar-refractivity contribution >= 4 is 11.6 Å². The van der Waals surface area contributed by atoms with Gasteiger partial charge in [-0.15, -0.1) is 0 Å². The molecule has 1 aromatic carbocycles. The predicted molar refractivity (Wildman–Crippen MR) is 76.6 cm³/mol. The number of aliphatic hydroxyl groups excluding tert-OH is 1. The maximum atomic E-state index is 12.4. The zero-order valence-corrected chi connectivity index (χ0v) is 12.3. The van der Waals surface area contributed by atoms with E-state index in [0.29, 0.717) is 5.75 Å². The minimum absolute atomic E-state index is 0.0933. The summed E-state index contributed by atoms with van der Waals surface area (Å²) < 4.78 is 5.29. The summed E-state index contributed by atoms with van der Waals surface area (Å²) in [5.41, 5.74) is 1.78. The average Bonchev–Trinajstić information content (AvgIpc) is 2.38. The molecule has 106 valence electrons. The highest BCUT2D eigenvalue weighted by atomic mass is 16.5. The van der Waals surface area contributed by atoms with Crippen LogP contribution in [0, 0.1) is 18.8 Å². The maximum Gasteiger partial charge on any atom is 0.232 e. The van der Waals surface area contributed by atoms with Gasteiger partial charge in [0, 0.05) is 7.05 Å². The van der Waals surface area contributed by atoms with Crippen LogP contribution in [0.5, 0.6) is 5.75 Å². The van der Waals surface area contributed by atoms with Crippen molar-refractivity contribution in [2.75, 3.05) is 25.7 Å². The van der Waals surface area contributed by atoms with E-state index in [2.05, 4.69) is 0 Å². The van der Waals surface area contributed by atoms with Crippen LogP contribution in [0.25, 0.3) is 0 Å². The van der Waals surface area contributed by atoms with Gasteiger partial charge in [0.05, 0.1) is 25.3 Å². The van der Waals surface area contributed by atoms with Gasteiger partial charge in [0.25, 0.3) is 0 Å². The summed E-state index contributed by atoms with van der Waals surface area (Å²) in [6, 6.07) is 5.69. The Kier molecular flexibility index (Phi) is 5.36. The summed E-state index contributed by atoms with van der Waals surface area (Å²) in [6.07, 6.45) is 0. The largest absolute Gasteiger partial charge is 0.495 e. The molecule has 0 aromatic heterocycles. The van der Waals surface area contributed by atoms with Crippen molar-refractivity contribution in [3.8, 4) is 5.75 Å². The molecule has 4 nitrogen and oxygen atoms in total. The molecule has 1 amide bonds. The molecule has 1 rings (SSSR count). The number of carbonyl (C=O) groups excluding carboxylic acids is 1. The highest BCUT2D eigenvalue weighted by Gasteiger charge is 2.26. The lowest BCUT2D eigenvalue weighted by molar-refractivity contribution is -0.124. The fraction of sp³-hybridized carbons (Fsp3) is 0.533. The van der Waals surface area contributed by atoms with E-state index in [4.69, 9.17) is 4.74 Å². The van der Waals surface area contributed by atoms with E-state index in [1.807, 2.05) is 39.0 Å². The van der Waals surface area contributed by atoms with Crippen LogP contribution in [0.1, 0.15) is 19.4 Å². The lowest BCUT2D eigenvalue weighted by atomic mass is 9.95. The first kappa shape index (κ1) is 15.5. The molecule has 0 heterocycles. The summed E-state index contributed by atoms with van der Waals surface area (Å²) in [4.78, 5) is 14.0. The minimum Gasteiger partial charge on any atom is -0.495 e. The fourth-order valence-electron chi connectivity index (χ4n) is 2.00. The number of methoxy groups -OCH3 is 1. The molecular formula is C15H23NO3. The van der Waals surface area contributed by atoms with Gasteiger partial charge in [0.2, 0.25) is 5.91 Å². The molecule has 0 fully saturated rings. The number of nitrogens with zero attached hydrogens (tertiary/aromatic N) is 1. The molecule has 19 heavy (non-hydrogen) atoms. The molecule has 0 bridgehead atoms. The van der Waals surface area contributed by atoms with Crippen LogP contribution >= 0.6 is 0 Å². The van der Waals surface area contributed by atoms with Crippen LogP contribution in [0.15, 0.2) is 18.2 Å². The third-order valence-corrected chi connectivity index (χ3v) is 3.34. The SMILES string of the molecule is COc1ccc(C)cc1N(C)C(=O)C(CO)C(C)C. The number of aliphatic hydroxyl groups is 1. The zero-order chi connectivity index (χ0) is 14.6. The second-order valence-electron chi connectivity index (χ2n) is 5.11. The second-order valence-corrected chi connectivity index (χ2v) is 5.11. The van der Waals surface area contributed by atoms with Gasteiger partial charge >= 0.3 is 0 Å². The van der Waals surface area contributed by atoms with E-state index in [0.717, 1.165) is 11.3 Å². The van der Waals surface area contributed by atoms with Crippen LogP contribution in [0.2, 0.25) is 0 Å². The number of hydrogen-bond acceptors (Lipinski definition) is 3. The molecule has 1 N–H and O–H groups in total. The Morgan fingerprint density at radius 3 is 2.53 bits per heavy atom. The molecule has 0 radical (unpaired) electrons. The van der Waals surface area contributed by atoms with Gasteiger partial charge in [-0.1, -0.05) is 19.9 Å². The van der Waals surface area contributed by atoms with E-state index in [9.17, 15) is 9.90 Å². The first-order chi connectivity index (χ1) is 8.92. The van der Waals surface area contributed by atoms with Crippen molar-refractivity contribution in [1.29, 1.82) is 0 Å². The number of anilines is 1. The summed E-state index contributed by atoms with van der Waals surface area (Å²) >= 11 is 0. The number of hydrogen-bond donors (Lipinski definition) is 1. The summed E-state index contributed by atoms with van der Waals surface area (Å²) in [6.45, 7) is 5.68. The van der Waals surface area contributed by atoms with E-state index in [-0.39, 0.29) is 18.4 Å². The topological polar surface area (TPSA) is 49.8 Å². The van der Waals surface area contributed by atoms with E-state index in [1.165, 1.54) is 0 Å². The Morgan fingerprint density at radius 1 is 1.42 bits per heavy atom. The van der Waals surface area contributed by atoms with Gasteiger partial charge < -0.3 is 14.7 Å². The van der Waals surface area contributed by atoms with Crippen molar-refractivity contribution < 1.29 is 14.6 Å². The Labute approximate surface area is 115 Å². The number of rotatable bonds is 5. The molecule has 1 atom stereocenters. The van der Waals surface area contributed by atoms with Crippen molar-refractivity contribution in [3.63, 3.8) is 0 Å². The van der Waals surface area contributed by atoms with Gasteiger partial charge in [-0.05, 0) is 30.5 Å². The Morgan fingerprint density at radius 2 is 2.05 bits per heavy atom. The van der Waals surface area contributed by atoms with Gasteiger partial charge in [0.15, 0.2) is 0 Å². The molecule has 0 spiro atoms. The molecule has 1 unspecified atom stereocenters. The molecular weight excluding hydrogens is 242 g/mol. The number of amides is 1. The highest BCUT2D eigenvalue weighted by molar-refractivity contribution is 5.96. The minimum atomic E-state index is -0.393. The van der Waals surface area contributed by atoms with Crippen LogP contribution < -0.4 is 9.64 Å². The lowest BCUT2D eigenvalue weighted by Gasteiger charge is -2.26. The molecule has 0 saturated carbocycles. The van der Waals surface area contributed by atoms with Crippen LogP contribution in [0.3, 0.4) is 0 Å². The van der Waals surface area contributed by atoms with Crippen molar-refractivity contribution in [3.05, 3.63) is 23.8 Å². The third-order valence-electron chi connectivity index (χ3n) is 3.34. The Bertz CT molecular complexity index is 443. The van der Waals surface area contributed by atoms with Crippen molar-refractivity contribution in [2.24, 2.45) is 11.8 Å². The van der Waals surface area contributed by atoms with Crippen LogP contribution in [-0.2, 0) is 4.79 Å². The highest BCUT2D eigenvalue weighted by Crippen LogP contribution is 2.30. The first-order valence-electron chi connectivity index (χ1n) is 6.45. The quantitative estimate of drug-likeness (QED) is 0.888. The predicted octanol–water partition coefficient (Wildman–Crippen LogP) is 2.23.